The van der Waals surface area contributed by atoms with Gasteiger partial charge in [0.15, 0.2) is 0 Å². The number of hydrogen-bond donors (Lipinski definition) is 1. The normalized spacial score (nSPS) is 24.7. The molecule has 0 aromatic heterocycles. The van der Waals surface area contributed by atoms with Crippen molar-refractivity contribution in [2.24, 2.45) is 5.41 Å². The number of benzene rings is 1. The summed E-state index contributed by atoms with van der Waals surface area (Å²) in [6.07, 6.45) is 8.08. The maximum atomic E-state index is 13.6. The summed E-state index contributed by atoms with van der Waals surface area (Å²) in [7, 11) is -3.49. The van der Waals surface area contributed by atoms with E-state index in [-0.39, 0.29) is 5.41 Å². The van der Waals surface area contributed by atoms with Crippen LogP contribution in [0.2, 0.25) is 0 Å². The number of sulfonamides is 1. The van der Waals surface area contributed by atoms with Gasteiger partial charge in [-0.05, 0) is 120 Å². The lowest BCUT2D eigenvalue weighted by molar-refractivity contribution is -0.0625. The van der Waals surface area contributed by atoms with Crippen molar-refractivity contribution in [3.8, 4) is 0 Å². The SMILES string of the molecule is Cc1cc(C)c(C)c(S(=O)(=O)N2CCC3(CC2)CCC(O)(CN2CCCC2)CC3)c1C. The lowest BCUT2D eigenvalue weighted by Gasteiger charge is -2.48. The van der Waals surface area contributed by atoms with Crippen LogP contribution in [0.5, 0.6) is 0 Å². The van der Waals surface area contributed by atoms with Crippen LogP contribution in [0.1, 0.15) is 73.6 Å². The molecule has 4 rings (SSSR count). The molecule has 2 aliphatic heterocycles. The number of aryl methyl sites for hydroxylation is 2. The molecule has 0 amide bonds. The summed E-state index contributed by atoms with van der Waals surface area (Å²) < 4.78 is 28.9. The first-order chi connectivity index (χ1) is 14.6. The Balaban J connectivity index is 1.42. The van der Waals surface area contributed by atoms with Crippen LogP contribution in [0, 0.1) is 33.1 Å². The molecule has 5 nitrogen and oxygen atoms in total. The van der Waals surface area contributed by atoms with Gasteiger partial charge < -0.3 is 10.0 Å². The van der Waals surface area contributed by atoms with Crippen LogP contribution >= 0.6 is 0 Å². The van der Waals surface area contributed by atoms with Gasteiger partial charge in [-0.3, -0.25) is 0 Å². The number of piperidine rings is 1. The van der Waals surface area contributed by atoms with Gasteiger partial charge in [0.05, 0.1) is 10.5 Å². The van der Waals surface area contributed by atoms with Crippen molar-refractivity contribution < 1.29 is 13.5 Å². The fourth-order valence-corrected chi connectivity index (χ4v) is 8.18. The summed E-state index contributed by atoms with van der Waals surface area (Å²) in [6.45, 7) is 12.1. The lowest BCUT2D eigenvalue weighted by Crippen LogP contribution is -2.50. The average Bonchev–Trinajstić information content (AvgIpc) is 3.22. The van der Waals surface area contributed by atoms with E-state index >= 15 is 0 Å². The van der Waals surface area contributed by atoms with E-state index < -0.39 is 15.6 Å². The molecule has 0 bridgehead atoms. The highest BCUT2D eigenvalue weighted by molar-refractivity contribution is 7.89. The molecule has 1 saturated carbocycles. The summed E-state index contributed by atoms with van der Waals surface area (Å²) in [6, 6.07) is 2.08. The molecular weight excluding hydrogens is 408 g/mol. The second kappa shape index (κ2) is 8.44. The van der Waals surface area contributed by atoms with Gasteiger partial charge in [0, 0.05) is 19.6 Å². The topological polar surface area (TPSA) is 60.9 Å². The average molecular weight is 449 g/mol. The molecule has 174 valence electrons. The first-order valence-electron chi connectivity index (χ1n) is 12.1. The first-order valence-corrected chi connectivity index (χ1v) is 13.5. The van der Waals surface area contributed by atoms with E-state index in [0.29, 0.717) is 18.0 Å². The number of likely N-dealkylation sites (tertiary alicyclic amines) is 1. The maximum Gasteiger partial charge on any atom is 0.243 e. The zero-order valence-electron chi connectivity index (χ0n) is 19.8. The fourth-order valence-electron chi connectivity index (χ4n) is 6.16. The number of aliphatic hydroxyl groups is 1. The van der Waals surface area contributed by atoms with E-state index in [4.69, 9.17) is 0 Å². The molecule has 1 aromatic carbocycles. The van der Waals surface area contributed by atoms with Crippen molar-refractivity contribution in [2.75, 3.05) is 32.7 Å². The summed E-state index contributed by atoms with van der Waals surface area (Å²) in [5.41, 5.74) is 3.50. The predicted octanol–water partition coefficient (Wildman–Crippen LogP) is 4.09. The Hall–Kier alpha value is -0.950. The zero-order valence-corrected chi connectivity index (χ0v) is 20.7. The van der Waals surface area contributed by atoms with Gasteiger partial charge in [-0.2, -0.15) is 4.31 Å². The molecule has 6 heteroatoms. The Morgan fingerprint density at radius 3 is 1.87 bits per heavy atom. The second-order valence-electron chi connectivity index (χ2n) is 10.7. The third kappa shape index (κ3) is 4.46. The van der Waals surface area contributed by atoms with Gasteiger partial charge in [0.25, 0.3) is 0 Å². The number of hydrogen-bond acceptors (Lipinski definition) is 4. The van der Waals surface area contributed by atoms with Crippen molar-refractivity contribution >= 4 is 10.0 Å². The highest BCUT2D eigenvalue weighted by atomic mass is 32.2. The van der Waals surface area contributed by atoms with Gasteiger partial charge in [-0.15, -0.1) is 0 Å². The van der Waals surface area contributed by atoms with Gasteiger partial charge in [0.2, 0.25) is 10.0 Å². The molecule has 2 heterocycles. The smallest absolute Gasteiger partial charge is 0.243 e. The molecule has 0 atom stereocenters. The first kappa shape index (κ1) is 23.2. The molecule has 1 aromatic rings. The molecule has 3 aliphatic rings. The Bertz CT molecular complexity index is 890. The van der Waals surface area contributed by atoms with Crippen LogP contribution in [0.4, 0.5) is 0 Å². The minimum atomic E-state index is -3.49. The van der Waals surface area contributed by atoms with Crippen LogP contribution in [0.3, 0.4) is 0 Å². The number of rotatable bonds is 4. The van der Waals surface area contributed by atoms with E-state index in [1.807, 2.05) is 27.7 Å². The molecule has 2 saturated heterocycles. The van der Waals surface area contributed by atoms with Crippen LogP contribution in [0.25, 0.3) is 0 Å². The van der Waals surface area contributed by atoms with Crippen molar-refractivity contribution in [2.45, 2.75) is 89.6 Å². The molecule has 1 N–H and O–H groups in total. The summed E-state index contributed by atoms with van der Waals surface area (Å²) in [5.74, 6) is 0. The van der Waals surface area contributed by atoms with Gasteiger partial charge in [0.1, 0.15) is 0 Å². The molecule has 0 unspecified atom stereocenters. The quantitative estimate of drug-likeness (QED) is 0.754. The molecule has 0 radical (unpaired) electrons. The largest absolute Gasteiger partial charge is 0.389 e. The lowest BCUT2D eigenvalue weighted by atomic mass is 9.64. The Kier molecular flexibility index (Phi) is 6.32. The number of nitrogens with zero attached hydrogens (tertiary/aromatic N) is 2. The van der Waals surface area contributed by atoms with Crippen molar-refractivity contribution in [1.82, 2.24) is 9.21 Å². The van der Waals surface area contributed by atoms with E-state index in [2.05, 4.69) is 11.0 Å². The van der Waals surface area contributed by atoms with Crippen LogP contribution in [0.15, 0.2) is 11.0 Å². The zero-order chi connectivity index (χ0) is 22.4. The monoisotopic (exact) mass is 448 g/mol. The van der Waals surface area contributed by atoms with Crippen LogP contribution in [-0.4, -0.2) is 61.1 Å². The summed E-state index contributed by atoms with van der Waals surface area (Å²) in [4.78, 5) is 2.94. The Morgan fingerprint density at radius 2 is 1.35 bits per heavy atom. The van der Waals surface area contributed by atoms with Crippen LogP contribution in [-0.2, 0) is 10.0 Å². The molecule has 3 fully saturated rings. The molecule has 1 aliphatic carbocycles. The summed E-state index contributed by atoms with van der Waals surface area (Å²) in [5, 5.41) is 11.1. The van der Waals surface area contributed by atoms with E-state index in [9.17, 15) is 13.5 Å². The van der Waals surface area contributed by atoms with Gasteiger partial charge >= 0.3 is 0 Å². The van der Waals surface area contributed by atoms with Crippen molar-refractivity contribution in [3.05, 3.63) is 28.3 Å². The van der Waals surface area contributed by atoms with Gasteiger partial charge in [-0.1, -0.05) is 6.07 Å². The third-order valence-corrected chi connectivity index (χ3v) is 10.8. The van der Waals surface area contributed by atoms with Crippen molar-refractivity contribution in [1.29, 1.82) is 0 Å². The standard InChI is InChI=1S/C25H40N2O3S/c1-19-17-20(2)22(4)23(21(19)3)31(29,30)27-15-11-24(12-16-27)7-9-25(28,10-8-24)18-26-13-5-6-14-26/h17,28H,5-16,18H2,1-4H3. The minimum Gasteiger partial charge on any atom is -0.389 e. The summed E-state index contributed by atoms with van der Waals surface area (Å²) >= 11 is 0. The predicted molar refractivity (Wildman–Crippen MR) is 125 cm³/mol. The van der Waals surface area contributed by atoms with Crippen molar-refractivity contribution in [3.63, 3.8) is 0 Å². The highest BCUT2D eigenvalue weighted by Crippen LogP contribution is 2.48. The number of β-amino-alcohol motifs (C(OH)–C–C–N with tert-alkyl or cyclic N) is 1. The molecular formula is C25H40N2O3S. The fraction of sp³-hybridized carbons (Fsp3) is 0.760. The maximum absolute atomic E-state index is 13.6. The third-order valence-electron chi connectivity index (χ3n) is 8.64. The van der Waals surface area contributed by atoms with E-state index in [1.165, 1.54) is 12.8 Å². The molecule has 31 heavy (non-hydrogen) atoms. The van der Waals surface area contributed by atoms with Crippen LogP contribution < -0.4 is 0 Å². The van der Waals surface area contributed by atoms with Gasteiger partial charge in [-0.25, -0.2) is 8.42 Å². The second-order valence-corrected chi connectivity index (χ2v) is 12.6. The minimum absolute atomic E-state index is 0.204. The van der Waals surface area contributed by atoms with E-state index in [1.54, 1.807) is 4.31 Å². The van der Waals surface area contributed by atoms with E-state index in [0.717, 1.165) is 80.4 Å². The highest BCUT2D eigenvalue weighted by Gasteiger charge is 2.45. The molecule has 1 spiro atoms. The Labute approximate surface area is 188 Å². The Morgan fingerprint density at radius 1 is 0.839 bits per heavy atom.